The Balaban J connectivity index is 2.26. The summed E-state index contributed by atoms with van der Waals surface area (Å²) in [6, 6.07) is 6.09. The summed E-state index contributed by atoms with van der Waals surface area (Å²) < 4.78 is 14.2. The minimum atomic E-state index is -0.0794. The van der Waals surface area contributed by atoms with Crippen LogP contribution in [0.15, 0.2) is 18.2 Å². The van der Waals surface area contributed by atoms with Gasteiger partial charge in [-0.1, -0.05) is 26.3 Å². The highest BCUT2D eigenvalue weighted by Crippen LogP contribution is 2.31. The molecule has 0 saturated carbocycles. The third kappa shape index (κ3) is 3.51. The van der Waals surface area contributed by atoms with Gasteiger partial charge in [-0.15, -0.1) is 0 Å². The number of halogens is 1. The van der Waals surface area contributed by atoms with Crippen molar-refractivity contribution in [3.63, 3.8) is 0 Å². The zero-order valence-corrected chi connectivity index (χ0v) is 12.8. The molecule has 0 bridgehead atoms. The van der Waals surface area contributed by atoms with Gasteiger partial charge in [-0.25, -0.2) is 4.39 Å². The Morgan fingerprint density at radius 1 is 1.30 bits per heavy atom. The molecule has 1 aromatic rings. The summed E-state index contributed by atoms with van der Waals surface area (Å²) in [6.45, 7) is 6.84. The maximum absolute atomic E-state index is 14.2. The molecule has 20 heavy (non-hydrogen) atoms. The van der Waals surface area contributed by atoms with Crippen LogP contribution in [0.4, 0.5) is 10.1 Å². The summed E-state index contributed by atoms with van der Waals surface area (Å²) in [5.74, 6) is -0.0794. The number of rotatable bonds is 6. The molecule has 1 aliphatic heterocycles. The van der Waals surface area contributed by atoms with Gasteiger partial charge in [0, 0.05) is 30.4 Å². The van der Waals surface area contributed by atoms with Gasteiger partial charge in [-0.3, -0.25) is 0 Å². The van der Waals surface area contributed by atoms with Crippen molar-refractivity contribution >= 4 is 5.69 Å². The van der Waals surface area contributed by atoms with Gasteiger partial charge >= 0.3 is 0 Å². The number of hydrogen-bond acceptors (Lipinski definition) is 2. The van der Waals surface area contributed by atoms with Crippen LogP contribution in [0.1, 0.15) is 51.5 Å². The first-order valence-corrected chi connectivity index (χ1v) is 8.02. The van der Waals surface area contributed by atoms with Gasteiger partial charge in [0.15, 0.2) is 0 Å². The zero-order valence-electron chi connectivity index (χ0n) is 12.8. The first kappa shape index (κ1) is 15.3. The molecule has 1 heterocycles. The van der Waals surface area contributed by atoms with E-state index >= 15 is 0 Å². The zero-order chi connectivity index (χ0) is 14.4. The van der Waals surface area contributed by atoms with E-state index in [4.69, 9.17) is 0 Å². The van der Waals surface area contributed by atoms with E-state index in [1.807, 2.05) is 6.07 Å². The molecule has 1 aliphatic rings. The van der Waals surface area contributed by atoms with Crippen molar-refractivity contribution in [1.29, 1.82) is 0 Å². The molecular weight excluding hydrogens is 251 g/mol. The Morgan fingerprint density at radius 2 is 2.15 bits per heavy atom. The number of hydrogen-bond donors (Lipinski definition) is 1. The molecule has 0 amide bonds. The van der Waals surface area contributed by atoms with Gasteiger partial charge in [0.05, 0.1) is 0 Å². The van der Waals surface area contributed by atoms with E-state index < -0.39 is 0 Å². The molecule has 0 spiro atoms. The predicted molar refractivity (Wildman–Crippen MR) is 83.7 cm³/mol. The highest BCUT2D eigenvalue weighted by molar-refractivity contribution is 5.55. The van der Waals surface area contributed by atoms with Crippen LogP contribution < -0.4 is 10.2 Å². The maximum Gasteiger partial charge on any atom is 0.129 e. The van der Waals surface area contributed by atoms with Gasteiger partial charge in [0.2, 0.25) is 0 Å². The van der Waals surface area contributed by atoms with Gasteiger partial charge in [0.1, 0.15) is 5.82 Å². The maximum atomic E-state index is 14.2. The Kier molecular flexibility index (Phi) is 5.84. The van der Waals surface area contributed by atoms with Crippen LogP contribution in [-0.4, -0.2) is 19.1 Å². The van der Waals surface area contributed by atoms with Gasteiger partial charge in [-0.05, 0) is 44.4 Å². The van der Waals surface area contributed by atoms with Crippen molar-refractivity contribution in [2.75, 3.05) is 18.0 Å². The van der Waals surface area contributed by atoms with Gasteiger partial charge in [-0.2, -0.15) is 0 Å². The Hall–Kier alpha value is -1.09. The lowest BCUT2D eigenvalue weighted by Gasteiger charge is -2.39. The molecule has 2 nitrogen and oxygen atoms in total. The Labute approximate surface area is 122 Å². The van der Waals surface area contributed by atoms with Crippen LogP contribution in [0.25, 0.3) is 0 Å². The van der Waals surface area contributed by atoms with Gasteiger partial charge in [0.25, 0.3) is 0 Å². The van der Waals surface area contributed by atoms with Crippen molar-refractivity contribution in [1.82, 2.24) is 5.32 Å². The first-order valence-electron chi connectivity index (χ1n) is 8.02. The normalized spacial score (nSPS) is 19.4. The monoisotopic (exact) mass is 278 g/mol. The lowest BCUT2D eigenvalue weighted by molar-refractivity contribution is 0.432. The predicted octanol–water partition coefficient (Wildman–Crippen LogP) is 4.09. The lowest BCUT2D eigenvalue weighted by Crippen LogP contribution is -2.40. The van der Waals surface area contributed by atoms with E-state index in [1.165, 1.54) is 32.1 Å². The van der Waals surface area contributed by atoms with Crippen LogP contribution in [-0.2, 0) is 6.54 Å². The molecule has 1 aromatic carbocycles. The Bertz CT molecular complexity index is 417. The average molecular weight is 278 g/mol. The van der Waals surface area contributed by atoms with Crippen LogP contribution in [0.2, 0.25) is 0 Å². The number of benzene rings is 1. The number of anilines is 1. The molecule has 3 heteroatoms. The minimum Gasteiger partial charge on any atom is -0.368 e. The average Bonchev–Trinajstić information content (AvgIpc) is 2.47. The molecule has 0 radical (unpaired) electrons. The number of nitrogens with one attached hydrogen (secondary N) is 1. The summed E-state index contributed by atoms with van der Waals surface area (Å²) in [5.41, 5.74) is 1.93. The molecule has 1 unspecified atom stereocenters. The minimum absolute atomic E-state index is 0.0794. The van der Waals surface area contributed by atoms with Crippen molar-refractivity contribution < 1.29 is 4.39 Å². The third-order valence-electron chi connectivity index (χ3n) is 4.20. The van der Waals surface area contributed by atoms with E-state index in [-0.39, 0.29) is 5.82 Å². The van der Waals surface area contributed by atoms with Crippen molar-refractivity contribution in [2.45, 2.75) is 58.5 Å². The number of nitrogens with zero attached hydrogens (tertiary/aromatic N) is 1. The standard InChI is InChI=1S/C17H27FN2/c1-3-8-14-9-5-6-12-20(14)17-11-7-10-16(18)15(17)13-19-4-2/h7,10-11,14,19H,3-6,8-9,12-13H2,1-2H3. The highest BCUT2D eigenvalue weighted by Gasteiger charge is 2.24. The van der Waals surface area contributed by atoms with Crippen molar-refractivity contribution in [2.24, 2.45) is 0 Å². The second-order valence-corrected chi connectivity index (χ2v) is 5.65. The van der Waals surface area contributed by atoms with Crippen molar-refractivity contribution in [3.05, 3.63) is 29.6 Å². The van der Waals surface area contributed by atoms with E-state index in [1.54, 1.807) is 6.07 Å². The molecule has 112 valence electrons. The molecule has 0 aromatic heterocycles. The molecular formula is C17H27FN2. The topological polar surface area (TPSA) is 15.3 Å². The molecule has 1 fully saturated rings. The van der Waals surface area contributed by atoms with Crippen LogP contribution in [0.5, 0.6) is 0 Å². The van der Waals surface area contributed by atoms with Crippen LogP contribution in [0, 0.1) is 5.82 Å². The molecule has 0 aliphatic carbocycles. The highest BCUT2D eigenvalue weighted by atomic mass is 19.1. The fourth-order valence-electron chi connectivity index (χ4n) is 3.19. The Morgan fingerprint density at radius 3 is 2.90 bits per heavy atom. The fraction of sp³-hybridized carbons (Fsp3) is 0.647. The van der Waals surface area contributed by atoms with Crippen LogP contribution >= 0.6 is 0 Å². The third-order valence-corrected chi connectivity index (χ3v) is 4.20. The van der Waals surface area contributed by atoms with Crippen molar-refractivity contribution in [3.8, 4) is 0 Å². The number of piperidine rings is 1. The van der Waals surface area contributed by atoms with Crippen LogP contribution in [0.3, 0.4) is 0 Å². The quantitative estimate of drug-likeness (QED) is 0.843. The first-order chi connectivity index (χ1) is 9.77. The molecule has 1 atom stereocenters. The second kappa shape index (κ2) is 7.63. The van der Waals surface area contributed by atoms with E-state index in [0.29, 0.717) is 12.6 Å². The lowest BCUT2D eigenvalue weighted by atomic mass is 9.96. The SMILES string of the molecule is CCCC1CCCCN1c1cccc(F)c1CNCC. The summed E-state index contributed by atoms with van der Waals surface area (Å²) >= 11 is 0. The summed E-state index contributed by atoms with van der Waals surface area (Å²) in [5, 5.41) is 3.27. The molecule has 1 saturated heterocycles. The molecule has 2 rings (SSSR count). The van der Waals surface area contributed by atoms with Gasteiger partial charge < -0.3 is 10.2 Å². The fourth-order valence-corrected chi connectivity index (χ4v) is 3.19. The molecule has 1 N–H and O–H groups in total. The summed E-state index contributed by atoms with van der Waals surface area (Å²) in [4.78, 5) is 2.45. The largest absolute Gasteiger partial charge is 0.368 e. The van der Waals surface area contributed by atoms with E-state index in [9.17, 15) is 4.39 Å². The second-order valence-electron chi connectivity index (χ2n) is 5.65. The van der Waals surface area contributed by atoms with E-state index in [0.717, 1.165) is 24.3 Å². The smallest absolute Gasteiger partial charge is 0.129 e. The summed E-state index contributed by atoms with van der Waals surface area (Å²) in [6.07, 6.45) is 6.16. The summed E-state index contributed by atoms with van der Waals surface area (Å²) in [7, 11) is 0. The van der Waals surface area contributed by atoms with E-state index in [2.05, 4.69) is 30.1 Å².